The van der Waals surface area contributed by atoms with Crippen LogP contribution in [-0.4, -0.2) is 137 Å². The number of esters is 1. The van der Waals surface area contributed by atoms with Crippen LogP contribution in [0.15, 0.2) is 35.5 Å². The SMILES string of the molecule is C#CC#CC#CC#CC#CC#CC#CC#CC#CC#CC#CC#CC#CC#CC#CC#CC#CC#CC#CC#CC#CC#CC#CC#CC#C.CO[C@H]1C[C@@H](C)C/C(C)=C/[C@@H](C/C=C/CC2CCCC2)C(=O)C[C@H](O)[C@@H](C)[C@@H](/C(C)=C/[C@@H]2CC[C@@H](O)[C@H](OC)C2)OC(=O)[C@@H]2CCCCN2C(=O)C(=O)[C@]2(O)O[C@H]1[C@@H](OC)C[C@H]2C.OOOOOONOOOOOO.[HH].[HH].[HH].[HH].[HH].[HH].[HH].[HH].[HH].[HH].[HH].[HH].[HH].[HH].[HH].[HH].[HH].[HH].[HH].[HH].[HH].[HH].[HH].[HH].[HH].[HH].[HH].[HH].[HH].[HH].[HH].[HH].[HH].[HH].[HH].[HH].[HH].[HH]. The van der Waals surface area contributed by atoms with Gasteiger partial charge in [0.2, 0.25) is 5.79 Å². The molecule has 2 aliphatic carbocycles. The number of amides is 1. The second kappa shape index (κ2) is 68.3. The molecule has 0 radical (unpaired) electrons. The molecule has 126 heavy (non-hydrogen) atoms. The quantitative estimate of drug-likeness (QED) is 0.0133. The van der Waals surface area contributed by atoms with E-state index in [1.165, 1.54) is 36.2 Å². The molecule has 0 aromatic rings. The number of ether oxygens (including phenoxy) is 5. The highest BCUT2D eigenvalue weighted by atomic mass is 17.9. The van der Waals surface area contributed by atoms with Gasteiger partial charge in [-0.15, -0.1) is 12.8 Å². The van der Waals surface area contributed by atoms with E-state index < -0.39 is 83.9 Å². The number of piperidine rings is 1. The second-order valence-corrected chi connectivity index (χ2v) is 26.7. The summed E-state index contributed by atoms with van der Waals surface area (Å²) in [6.45, 7) is 9.42. The highest BCUT2D eigenvalue weighted by molar-refractivity contribution is 6.39. The summed E-state index contributed by atoms with van der Waals surface area (Å²) in [5.41, 5.74) is 3.05. The molecule has 26 heteroatoms. The van der Waals surface area contributed by atoms with Gasteiger partial charge in [-0.05, 0) is 248 Å². The van der Waals surface area contributed by atoms with Gasteiger partial charge in [-0.2, -0.15) is 0 Å². The van der Waals surface area contributed by atoms with Crippen molar-refractivity contribution in [1.82, 2.24) is 10.5 Å². The molecular weight excluding hydrogens is 1610 g/mol. The number of hydrogen-bond acceptors (Lipinski definition) is 25. The number of nitrogens with one attached hydrogen (secondary N) is 1. The normalized spacial score (nSPS) is 22.6. The molecule has 2 saturated carbocycles. The first-order valence-corrected chi connectivity index (χ1v) is 38.4. The van der Waals surface area contributed by atoms with Gasteiger partial charge in [-0.1, -0.05) is 86.3 Å². The van der Waals surface area contributed by atoms with E-state index in [2.05, 4.69) is 354 Å². The van der Waals surface area contributed by atoms with Gasteiger partial charge in [0.05, 0.1) is 30.5 Å². The van der Waals surface area contributed by atoms with E-state index in [9.17, 15) is 34.5 Å². The predicted molar refractivity (Wildman–Crippen MR) is 534 cm³/mol. The largest absolute Gasteiger partial charge is 0.456 e. The fourth-order valence-corrected chi connectivity index (χ4v) is 12.6. The molecule has 5 rings (SSSR count). The van der Waals surface area contributed by atoms with Gasteiger partial charge in [0.1, 0.15) is 24.0 Å². The van der Waals surface area contributed by atoms with Gasteiger partial charge in [0, 0.05) is 296 Å². The molecule has 3 aliphatic heterocycles. The molecule has 4 fully saturated rings. The van der Waals surface area contributed by atoms with Gasteiger partial charge in [-0.3, -0.25) is 14.4 Å². The van der Waals surface area contributed by atoms with Crippen LogP contribution in [0.2, 0.25) is 0 Å². The third-order valence-corrected chi connectivity index (χ3v) is 18.2. The zero-order valence-corrected chi connectivity index (χ0v) is 70.0. The van der Waals surface area contributed by atoms with E-state index >= 15 is 0 Å². The number of hydrogen-bond donors (Lipinski definition) is 6. The molecule has 26 nitrogen and oxygen atoms in total. The van der Waals surface area contributed by atoms with Gasteiger partial charge in [0.25, 0.3) is 11.7 Å². The Hall–Kier alpha value is -14.3. The van der Waals surface area contributed by atoms with Crippen LogP contribution in [0.4, 0.5) is 0 Å². The number of aliphatic hydroxyl groups excluding tert-OH is 2. The molecule has 1 amide bonds. The highest BCUT2D eigenvalue weighted by Crippen LogP contribution is 2.40. The van der Waals surface area contributed by atoms with Gasteiger partial charge >= 0.3 is 5.97 Å². The Kier molecular flexibility index (Phi) is 57.4. The van der Waals surface area contributed by atoms with E-state index in [4.69, 9.17) is 47.0 Å². The van der Waals surface area contributed by atoms with Crippen molar-refractivity contribution in [2.24, 2.45) is 35.5 Å². The summed E-state index contributed by atoms with van der Waals surface area (Å²) in [5, 5.41) is 75.4. The van der Waals surface area contributed by atoms with Crippen molar-refractivity contribution in [2.75, 3.05) is 27.9 Å². The minimum absolute atomic E-state index is 0. The van der Waals surface area contributed by atoms with E-state index in [0.717, 1.165) is 12.0 Å². The summed E-state index contributed by atoms with van der Waals surface area (Å²) in [7, 11) is 4.66. The summed E-state index contributed by atoms with van der Waals surface area (Å²) < 4.78 is 30.1. The van der Waals surface area contributed by atoms with Crippen molar-refractivity contribution in [1.29, 1.82) is 0 Å². The number of carbonyl (C=O) groups is 4. The molecular formula is C100H160N2O24. The Morgan fingerprint density at radius 3 is 1.31 bits per heavy atom. The summed E-state index contributed by atoms with van der Waals surface area (Å²) in [6, 6.07) is -1.14. The first kappa shape index (κ1) is 106. The van der Waals surface area contributed by atoms with Crippen LogP contribution in [0.5, 0.6) is 0 Å². The minimum atomic E-state index is -2.51. The number of ketones is 2. The standard InChI is InChI=1S/C50H79NO12.C50H2.H3NO12.38H2/c1-30-23-31(2)25-43(60-7)46-44(61-8)27-33(4)50(58,63-46)47(55)48(56)51-22-14-13-19-38(51)49(57)62-45(32(3)26-36-20-21-39(52)42(28-36)59-6)34(5)40(53)29-41(54)37(24-30)18-12-11-17-35-15-9-10-16-35;1-3-5-7-9-11-13-15-17-19-21-23-25-27-29-31-33-35-37-39-41-43-45-47-49-50-48-46-44-42-40-38-36-34-32-30-28-26-24-22-20-18-16-14-12-10-8-6-4-2;2-6-10-12-8-4-1-5-9-13-11-7-3;;;;;;;;;;;;;;;;;;;;;;;;;;;;;;;;;;;;;;/h11-12,24,26,31,33-40,42-46,52-53,58H,9-10,13-23,25,27-29H2,1-8H3;1-2H;1-3H;38*1H/b12-11+,30-24+,32-26+;;;;;;;;;;;;;;;;;;;;;;;;;;;;;;;;;;;;;;;;/t31-,33+,34+,36-,37+,38-,39+,40-,42+,43-,44-,45+,46+,50+;;;;;;;;;;;;;;;;;;;;;;;;;;;;;;;;;;;;;;;;/m0......................................../s1. The maximum Gasteiger partial charge on any atom is 0.329 e. The van der Waals surface area contributed by atoms with Crippen molar-refractivity contribution >= 4 is 23.4 Å². The molecule has 0 spiro atoms. The Labute approximate surface area is 793 Å². The van der Waals surface area contributed by atoms with Crippen LogP contribution in [0.1, 0.15) is 192 Å². The zero-order valence-electron chi connectivity index (χ0n) is 70.0. The molecule has 6 N–H and O–H groups in total. The first-order chi connectivity index (χ1) is 61.3. The maximum absolute atomic E-state index is 14.5. The lowest BCUT2D eigenvalue weighted by molar-refractivity contribution is -0.792. The average molecular weight is 1770 g/mol. The molecule has 0 aromatic carbocycles. The minimum Gasteiger partial charge on any atom is -0.456 e. The Morgan fingerprint density at radius 1 is 0.508 bits per heavy atom. The van der Waals surface area contributed by atoms with E-state index in [0.29, 0.717) is 62.9 Å². The average Bonchev–Trinajstić information content (AvgIpc) is 0.763. The summed E-state index contributed by atoms with van der Waals surface area (Å²) in [6.07, 6.45) is 23.8. The number of allylic oxidation sites excluding steroid dienone is 5. The van der Waals surface area contributed by atoms with E-state index in [1.54, 1.807) is 35.2 Å². The predicted octanol–water partition coefficient (Wildman–Crippen LogP) is 15.1. The number of rotatable bonds is 19. The maximum atomic E-state index is 14.5. The van der Waals surface area contributed by atoms with E-state index in [-0.39, 0.29) is 104 Å². The van der Waals surface area contributed by atoms with Crippen LogP contribution in [0.25, 0.3) is 0 Å². The topological polar surface area (TPSA) is 323 Å². The number of Topliss-reactive ketones (excluding diaryl/α,β-unsaturated/α-hetero) is 2. The number of nitrogens with zero attached hydrogens (tertiary/aromatic N) is 1. The van der Waals surface area contributed by atoms with E-state index in [1.807, 2.05) is 26.0 Å². The Morgan fingerprint density at radius 2 is 0.905 bits per heavy atom. The van der Waals surface area contributed by atoms with Crippen molar-refractivity contribution in [2.45, 2.75) is 192 Å². The third kappa shape index (κ3) is 46.1. The van der Waals surface area contributed by atoms with Crippen LogP contribution < -0.4 is 5.64 Å². The molecule has 0 unspecified atom stereocenters. The Balaban J connectivity index is -0.0000000441. The fourth-order valence-electron chi connectivity index (χ4n) is 12.6. The van der Waals surface area contributed by atoms with Gasteiger partial charge < -0.3 is 43.9 Å². The smallest absolute Gasteiger partial charge is 0.329 e. The van der Waals surface area contributed by atoms with Gasteiger partial charge in [-0.25, -0.2) is 15.3 Å². The van der Waals surface area contributed by atoms with Crippen LogP contribution in [0.3, 0.4) is 0 Å². The van der Waals surface area contributed by atoms with Crippen molar-refractivity contribution in [3.8, 4) is 297 Å². The summed E-state index contributed by atoms with van der Waals surface area (Å²) in [4.78, 5) is 66.0. The van der Waals surface area contributed by atoms with Crippen LogP contribution in [0, 0.1) is 333 Å². The number of methoxy groups -OCH3 is 3. The lowest BCUT2D eigenvalue weighted by atomic mass is 9.81. The zero-order chi connectivity index (χ0) is 91.7. The molecule has 3 heterocycles. The lowest BCUT2D eigenvalue weighted by Crippen LogP contribution is -2.64. The molecule has 14 atom stereocenters. The van der Waals surface area contributed by atoms with Crippen LogP contribution in [-0.2, 0) is 93.1 Å². The lowest BCUT2D eigenvalue weighted by Gasteiger charge is -2.47. The molecule has 2 bridgehead atoms. The number of carbonyl (C=O) groups excluding carboxylic acids is 4. The Bertz CT molecular complexity index is 5500. The molecule has 714 valence electrons. The highest BCUT2D eigenvalue weighted by Gasteiger charge is 2.57. The van der Waals surface area contributed by atoms with Crippen molar-refractivity contribution in [3.05, 3.63) is 35.5 Å². The third-order valence-electron chi connectivity index (χ3n) is 18.2. The molecule has 0 aromatic heterocycles. The summed E-state index contributed by atoms with van der Waals surface area (Å²) >= 11 is 0. The number of terminal acetylenes is 2. The molecule has 2 saturated heterocycles. The number of cyclic esters (lactones) is 1. The van der Waals surface area contributed by atoms with Crippen molar-refractivity contribution in [3.63, 3.8) is 0 Å². The fraction of sp³-hybridized carbons (Fsp3) is 0.400. The number of aliphatic hydroxyl groups is 3. The molecule has 5 aliphatic rings. The van der Waals surface area contributed by atoms with Crippen LogP contribution >= 0.6 is 0 Å². The second-order valence-electron chi connectivity index (χ2n) is 26.7. The first-order valence-electron chi connectivity index (χ1n) is 38.4. The number of fused-ring (bicyclic) bond motifs is 3. The summed E-state index contributed by atoms with van der Waals surface area (Å²) in [5.74, 6) is 111. The monoisotopic (exact) mass is 1770 g/mol. The van der Waals surface area contributed by atoms with Crippen molar-refractivity contribution < 1.29 is 173 Å². The van der Waals surface area contributed by atoms with Gasteiger partial charge in [0.15, 0.2) is 0 Å².